The first kappa shape index (κ1) is 17.2. The van der Waals surface area contributed by atoms with E-state index in [-0.39, 0.29) is 11.8 Å². The van der Waals surface area contributed by atoms with E-state index in [1.54, 1.807) is 0 Å². The molecule has 0 bridgehead atoms. The third-order valence-electron chi connectivity index (χ3n) is 2.92. The van der Waals surface area contributed by atoms with Gasteiger partial charge in [0, 0.05) is 12.6 Å². The van der Waals surface area contributed by atoms with Crippen LogP contribution in [0.3, 0.4) is 0 Å². The average molecular weight is 306 g/mol. The van der Waals surface area contributed by atoms with Crippen molar-refractivity contribution in [3.8, 4) is 0 Å². The van der Waals surface area contributed by atoms with Crippen molar-refractivity contribution in [2.24, 2.45) is 0 Å². The van der Waals surface area contributed by atoms with Crippen LogP contribution < -0.4 is 10.6 Å². The van der Waals surface area contributed by atoms with E-state index in [2.05, 4.69) is 10.6 Å². The molecule has 1 heterocycles. The number of alkyl carbamates (subject to hydrolysis) is 1. The molecule has 1 aliphatic heterocycles. The van der Waals surface area contributed by atoms with E-state index < -0.39 is 21.5 Å². The standard InChI is InChI=1S/C13H26N2O4S/c1-13(2,3)19-12(16)15-8-5-7-14-11-6-4-9-20(17,18)10-11/h11,14H,4-10H2,1-3H3,(H,15,16). The fraction of sp³-hybridized carbons (Fsp3) is 0.923. The van der Waals surface area contributed by atoms with Crippen LogP contribution in [0.25, 0.3) is 0 Å². The number of hydrogen-bond donors (Lipinski definition) is 2. The summed E-state index contributed by atoms with van der Waals surface area (Å²) in [6.07, 6.45) is 1.96. The van der Waals surface area contributed by atoms with Gasteiger partial charge in [0.2, 0.25) is 0 Å². The largest absolute Gasteiger partial charge is 0.444 e. The zero-order valence-electron chi connectivity index (χ0n) is 12.6. The van der Waals surface area contributed by atoms with Gasteiger partial charge in [-0.15, -0.1) is 0 Å². The molecule has 0 radical (unpaired) electrons. The van der Waals surface area contributed by atoms with Crippen molar-refractivity contribution >= 4 is 15.9 Å². The van der Waals surface area contributed by atoms with E-state index in [1.165, 1.54) is 0 Å². The Morgan fingerprint density at radius 1 is 1.30 bits per heavy atom. The Bertz CT molecular complexity index is 415. The molecule has 1 rings (SSSR count). The molecule has 1 atom stereocenters. The fourth-order valence-corrected chi connectivity index (χ4v) is 3.75. The first-order valence-corrected chi connectivity index (χ1v) is 8.91. The molecule has 2 N–H and O–H groups in total. The summed E-state index contributed by atoms with van der Waals surface area (Å²) in [5, 5.41) is 5.90. The van der Waals surface area contributed by atoms with E-state index in [0.29, 0.717) is 18.8 Å². The summed E-state index contributed by atoms with van der Waals surface area (Å²) in [6, 6.07) is 0.0512. The predicted octanol–water partition coefficient (Wildman–Crippen LogP) is 1.07. The van der Waals surface area contributed by atoms with Crippen LogP contribution in [-0.2, 0) is 14.6 Å². The molecule has 1 aliphatic rings. The van der Waals surface area contributed by atoms with Gasteiger partial charge in [-0.25, -0.2) is 13.2 Å². The Labute approximate surface area is 121 Å². The molecule has 1 unspecified atom stereocenters. The second-order valence-corrected chi connectivity index (χ2v) is 8.42. The van der Waals surface area contributed by atoms with Gasteiger partial charge < -0.3 is 15.4 Å². The van der Waals surface area contributed by atoms with Crippen LogP contribution in [0.5, 0.6) is 0 Å². The maximum absolute atomic E-state index is 11.5. The van der Waals surface area contributed by atoms with Gasteiger partial charge >= 0.3 is 6.09 Å². The van der Waals surface area contributed by atoms with Crippen molar-refractivity contribution in [3.63, 3.8) is 0 Å². The van der Waals surface area contributed by atoms with E-state index in [0.717, 1.165) is 19.3 Å². The van der Waals surface area contributed by atoms with Crippen molar-refractivity contribution < 1.29 is 17.9 Å². The molecule has 1 fully saturated rings. The summed E-state index contributed by atoms with van der Waals surface area (Å²) >= 11 is 0. The maximum Gasteiger partial charge on any atom is 0.407 e. The van der Waals surface area contributed by atoms with Crippen molar-refractivity contribution in [1.29, 1.82) is 0 Å². The van der Waals surface area contributed by atoms with Crippen LogP contribution in [0.4, 0.5) is 4.79 Å². The minimum Gasteiger partial charge on any atom is -0.444 e. The molecule has 118 valence electrons. The number of ether oxygens (including phenoxy) is 1. The van der Waals surface area contributed by atoms with Crippen LogP contribution >= 0.6 is 0 Å². The number of rotatable bonds is 5. The predicted molar refractivity (Wildman–Crippen MR) is 78.5 cm³/mol. The summed E-state index contributed by atoms with van der Waals surface area (Å²) in [6.45, 7) is 6.66. The lowest BCUT2D eigenvalue weighted by Gasteiger charge is -2.23. The van der Waals surface area contributed by atoms with Crippen LogP contribution in [-0.4, -0.2) is 50.7 Å². The quantitative estimate of drug-likeness (QED) is 0.742. The number of sulfone groups is 1. The van der Waals surface area contributed by atoms with Crippen molar-refractivity contribution in [2.75, 3.05) is 24.6 Å². The highest BCUT2D eigenvalue weighted by Crippen LogP contribution is 2.11. The third-order valence-corrected chi connectivity index (χ3v) is 4.74. The molecule has 20 heavy (non-hydrogen) atoms. The molecular weight excluding hydrogens is 280 g/mol. The smallest absolute Gasteiger partial charge is 0.407 e. The molecule has 6 nitrogen and oxygen atoms in total. The zero-order valence-corrected chi connectivity index (χ0v) is 13.4. The van der Waals surface area contributed by atoms with E-state index in [1.807, 2.05) is 20.8 Å². The van der Waals surface area contributed by atoms with Gasteiger partial charge in [-0.3, -0.25) is 0 Å². The fourth-order valence-electron chi connectivity index (χ4n) is 2.08. The number of carbonyl (C=O) groups excluding carboxylic acids is 1. The van der Waals surface area contributed by atoms with E-state index >= 15 is 0 Å². The third kappa shape index (κ3) is 7.69. The SMILES string of the molecule is CC(C)(C)OC(=O)NCCCNC1CCCS(=O)(=O)C1. The Kier molecular flexibility index (Phi) is 6.26. The minimum atomic E-state index is -2.86. The Morgan fingerprint density at radius 2 is 2.00 bits per heavy atom. The summed E-state index contributed by atoms with van der Waals surface area (Å²) < 4.78 is 28.0. The molecule has 0 aromatic rings. The van der Waals surface area contributed by atoms with Gasteiger partial charge in [0.25, 0.3) is 0 Å². The molecule has 7 heteroatoms. The lowest BCUT2D eigenvalue weighted by molar-refractivity contribution is 0.0527. The zero-order chi connectivity index (χ0) is 15.2. The number of amides is 1. The molecule has 1 saturated heterocycles. The highest BCUT2D eigenvalue weighted by Gasteiger charge is 2.23. The minimum absolute atomic E-state index is 0.0512. The van der Waals surface area contributed by atoms with Crippen LogP contribution in [0, 0.1) is 0 Å². The van der Waals surface area contributed by atoms with E-state index in [9.17, 15) is 13.2 Å². The highest BCUT2D eigenvalue weighted by molar-refractivity contribution is 7.91. The van der Waals surface area contributed by atoms with Gasteiger partial charge in [-0.05, 0) is 46.6 Å². The lowest BCUT2D eigenvalue weighted by atomic mass is 10.2. The van der Waals surface area contributed by atoms with Gasteiger partial charge in [0.1, 0.15) is 5.60 Å². The van der Waals surface area contributed by atoms with Crippen LogP contribution in [0.2, 0.25) is 0 Å². The topological polar surface area (TPSA) is 84.5 Å². The van der Waals surface area contributed by atoms with E-state index in [4.69, 9.17) is 4.74 Å². The number of carbonyl (C=O) groups is 1. The average Bonchev–Trinajstić information content (AvgIpc) is 2.24. The van der Waals surface area contributed by atoms with Gasteiger partial charge in [0.05, 0.1) is 11.5 Å². The molecular formula is C13H26N2O4S. The summed E-state index contributed by atoms with van der Waals surface area (Å²) in [5.74, 6) is 0.540. The summed E-state index contributed by atoms with van der Waals surface area (Å²) in [5.41, 5.74) is -0.487. The van der Waals surface area contributed by atoms with Gasteiger partial charge in [-0.2, -0.15) is 0 Å². The monoisotopic (exact) mass is 306 g/mol. The Morgan fingerprint density at radius 3 is 2.60 bits per heavy atom. The Balaban J connectivity index is 2.09. The molecule has 0 spiro atoms. The van der Waals surface area contributed by atoms with Crippen LogP contribution in [0.1, 0.15) is 40.0 Å². The lowest BCUT2D eigenvalue weighted by Crippen LogP contribution is -2.41. The number of hydrogen-bond acceptors (Lipinski definition) is 5. The van der Waals surface area contributed by atoms with Crippen LogP contribution in [0.15, 0.2) is 0 Å². The highest BCUT2D eigenvalue weighted by atomic mass is 32.2. The molecule has 0 saturated carbocycles. The Hall–Kier alpha value is -0.820. The first-order chi connectivity index (χ1) is 9.18. The molecule has 0 aliphatic carbocycles. The van der Waals surface area contributed by atoms with Crippen molar-refractivity contribution in [1.82, 2.24) is 10.6 Å². The molecule has 1 amide bonds. The molecule has 0 aromatic heterocycles. The normalized spacial score (nSPS) is 22.2. The van der Waals surface area contributed by atoms with Crippen molar-refractivity contribution in [2.45, 2.75) is 51.7 Å². The maximum atomic E-state index is 11.5. The van der Waals surface area contributed by atoms with Gasteiger partial charge in [0.15, 0.2) is 9.84 Å². The van der Waals surface area contributed by atoms with Gasteiger partial charge in [-0.1, -0.05) is 0 Å². The second-order valence-electron chi connectivity index (χ2n) is 6.19. The molecule has 0 aromatic carbocycles. The first-order valence-electron chi connectivity index (χ1n) is 7.09. The number of nitrogens with one attached hydrogen (secondary N) is 2. The summed E-state index contributed by atoms with van der Waals surface area (Å²) in [7, 11) is -2.86. The second kappa shape index (κ2) is 7.26. The summed E-state index contributed by atoms with van der Waals surface area (Å²) in [4.78, 5) is 11.4. The van der Waals surface area contributed by atoms with Crippen molar-refractivity contribution in [3.05, 3.63) is 0 Å².